The molecular formula is C22H18FN3O3S. The van der Waals surface area contributed by atoms with Gasteiger partial charge in [0.05, 0.1) is 10.8 Å². The van der Waals surface area contributed by atoms with Gasteiger partial charge in [0.2, 0.25) is 11.8 Å². The van der Waals surface area contributed by atoms with E-state index in [1.165, 1.54) is 23.5 Å². The van der Waals surface area contributed by atoms with Crippen molar-refractivity contribution in [2.75, 3.05) is 11.4 Å². The minimum atomic E-state index is -0.545. The number of nitrogens with one attached hydrogen (secondary N) is 2. The Morgan fingerprint density at radius 2 is 1.70 bits per heavy atom. The van der Waals surface area contributed by atoms with E-state index in [2.05, 4.69) is 10.9 Å². The van der Waals surface area contributed by atoms with Crippen LogP contribution in [0.1, 0.15) is 16.1 Å². The lowest BCUT2D eigenvalue weighted by molar-refractivity contribution is -0.126. The summed E-state index contributed by atoms with van der Waals surface area (Å²) >= 11 is 1.23. The van der Waals surface area contributed by atoms with Crippen molar-refractivity contribution in [3.63, 3.8) is 0 Å². The van der Waals surface area contributed by atoms with Gasteiger partial charge in [0, 0.05) is 23.5 Å². The fourth-order valence-electron chi connectivity index (χ4n) is 3.25. The number of halogens is 1. The van der Waals surface area contributed by atoms with Crippen molar-refractivity contribution in [2.45, 2.75) is 6.42 Å². The highest BCUT2D eigenvalue weighted by molar-refractivity contribution is 7.17. The molecule has 1 aromatic heterocycles. The van der Waals surface area contributed by atoms with Crippen LogP contribution in [0.15, 0.2) is 66.7 Å². The molecule has 1 aliphatic rings. The van der Waals surface area contributed by atoms with Gasteiger partial charge in [-0.15, -0.1) is 11.3 Å². The van der Waals surface area contributed by atoms with Crippen LogP contribution >= 0.6 is 11.3 Å². The second-order valence-corrected chi connectivity index (χ2v) is 7.94. The molecule has 2 N–H and O–H groups in total. The van der Waals surface area contributed by atoms with Gasteiger partial charge in [-0.25, -0.2) is 4.39 Å². The van der Waals surface area contributed by atoms with Crippen LogP contribution in [0.25, 0.3) is 10.4 Å². The SMILES string of the molecule is O=C(NNC(=O)C1CC(=O)N(c2ccccc2)C1)c1ccc(-c2ccc(F)cc2)s1. The molecule has 1 fully saturated rings. The molecule has 0 aliphatic carbocycles. The molecule has 1 atom stereocenters. The second-order valence-electron chi connectivity index (χ2n) is 6.86. The van der Waals surface area contributed by atoms with E-state index in [1.54, 1.807) is 29.2 Å². The number of hydrogen-bond donors (Lipinski definition) is 2. The number of hydrazine groups is 1. The van der Waals surface area contributed by atoms with E-state index in [1.807, 2.05) is 30.3 Å². The van der Waals surface area contributed by atoms with Gasteiger partial charge >= 0.3 is 0 Å². The lowest BCUT2D eigenvalue weighted by Gasteiger charge is -2.16. The van der Waals surface area contributed by atoms with E-state index in [0.717, 1.165) is 16.1 Å². The molecule has 1 saturated heterocycles. The predicted molar refractivity (Wildman–Crippen MR) is 112 cm³/mol. The molecule has 2 aromatic carbocycles. The third-order valence-electron chi connectivity index (χ3n) is 4.82. The number of rotatable bonds is 4. The Kier molecular flexibility index (Phi) is 5.58. The quantitative estimate of drug-likeness (QED) is 0.632. The van der Waals surface area contributed by atoms with Crippen LogP contribution < -0.4 is 15.8 Å². The third-order valence-corrected chi connectivity index (χ3v) is 5.95. The lowest BCUT2D eigenvalue weighted by Crippen LogP contribution is -2.44. The molecular weight excluding hydrogens is 405 g/mol. The Morgan fingerprint density at radius 3 is 2.43 bits per heavy atom. The monoisotopic (exact) mass is 423 g/mol. The fraction of sp³-hybridized carbons (Fsp3) is 0.136. The van der Waals surface area contributed by atoms with E-state index in [9.17, 15) is 18.8 Å². The molecule has 8 heteroatoms. The standard InChI is InChI=1S/C22H18FN3O3S/c23-16-8-6-14(7-9-16)18-10-11-19(30-18)22(29)25-24-21(28)15-12-20(27)26(13-15)17-4-2-1-3-5-17/h1-11,15H,12-13H2,(H,24,28)(H,25,29). The summed E-state index contributed by atoms with van der Waals surface area (Å²) in [7, 11) is 0. The van der Waals surface area contributed by atoms with Crippen molar-refractivity contribution in [1.29, 1.82) is 0 Å². The zero-order valence-electron chi connectivity index (χ0n) is 15.8. The van der Waals surface area contributed by atoms with E-state index in [4.69, 9.17) is 0 Å². The average molecular weight is 423 g/mol. The summed E-state index contributed by atoms with van der Waals surface area (Å²) in [5.41, 5.74) is 6.36. The van der Waals surface area contributed by atoms with Gasteiger partial charge in [0.1, 0.15) is 5.82 Å². The largest absolute Gasteiger partial charge is 0.312 e. The van der Waals surface area contributed by atoms with Crippen molar-refractivity contribution >= 4 is 34.7 Å². The first-order valence-electron chi connectivity index (χ1n) is 9.32. The molecule has 0 spiro atoms. The summed E-state index contributed by atoms with van der Waals surface area (Å²) in [5.74, 6) is -1.87. The van der Waals surface area contributed by atoms with Crippen molar-refractivity contribution in [3.8, 4) is 10.4 Å². The molecule has 30 heavy (non-hydrogen) atoms. The maximum absolute atomic E-state index is 13.1. The minimum Gasteiger partial charge on any atom is -0.312 e. The van der Waals surface area contributed by atoms with Gasteiger partial charge < -0.3 is 4.90 Å². The summed E-state index contributed by atoms with van der Waals surface area (Å²) in [4.78, 5) is 39.8. The van der Waals surface area contributed by atoms with Crippen LogP contribution in [-0.4, -0.2) is 24.3 Å². The fourth-order valence-corrected chi connectivity index (χ4v) is 4.16. The summed E-state index contributed by atoms with van der Waals surface area (Å²) in [6.07, 6.45) is 0.0876. The van der Waals surface area contributed by atoms with E-state index >= 15 is 0 Å². The highest BCUT2D eigenvalue weighted by Crippen LogP contribution is 2.28. The Bertz CT molecular complexity index is 1080. The molecule has 0 saturated carbocycles. The molecule has 3 aromatic rings. The highest BCUT2D eigenvalue weighted by Gasteiger charge is 2.35. The summed E-state index contributed by atoms with van der Waals surface area (Å²) in [6, 6.07) is 18.5. The van der Waals surface area contributed by atoms with Crippen molar-refractivity contribution in [2.24, 2.45) is 5.92 Å². The molecule has 0 bridgehead atoms. The van der Waals surface area contributed by atoms with E-state index in [0.29, 0.717) is 4.88 Å². The first-order chi connectivity index (χ1) is 14.5. The molecule has 0 radical (unpaired) electrons. The number of carbonyl (C=O) groups excluding carboxylic acids is 3. The van der Waals surface area contributed by atoms with Gasteiger partial charge in [-0.2, -0.15) is 0 Å². The number of amides is 3. The van der Waals surface area contributed by atoms with Crippen LogP contribution in [0.5, 0.6) is 0 Å². The number of nitrogens with zero attached hydrogens (tertiary/aromatic N) is 1. The van der Waals surface area contributed by atoms with Crippen LogP contribution in [0.3, 0.4) is 0 Å². The number of hydrogen-bond acceptors (Lipinski definition) is 4. The first-order valence-corrected chi connectivity index (χ1v) is 10.1. The van der Waals surface area contributed by atoms with Crippen LogP contribution in [0.4, 0.5) is 10.1 Å². The van der Waals surface area contributed by atoms with E-state index < -0.39 is 17.7 Å². The Balaban J connectivity index is 1.34. The highest BCUT2D eigenvalue weighted by atomic mass is 32.1. The summed E-state index contributed by atoms with van der Waals surface area (Å²) < 4.78 is 13.1. The smallest absolute Gasteiger partial charge is 0.279 e. The molecule has 6 nitrogen and oxygen atoms in total. The molecule has 1 unspecified atom stereocenters. The molecule has 2 heterocycles. The van der Waals surface area contributed by atoms with Crippen LogP contribution in [-0.2, 0) is 9.59 Å². The van der Waals surface area contributed by atoms with Crippen LogP contribution in [0.2, 0.25) is 0 Å². The molecule has 3 amide bonds. The summed E-state index contributed by atoms with van der Waals surface area (Å²) in [6.45, 7) is 0.262. The van der Waals surface area contributed by atoms with Gasteiger partial charge in [0.25, 0.3) is 5.91 Å². The number of carbonyl (C=O) groups is 3. The number of para-hydroxylation sites is 1. The van der Waals surface area contributed by atoms with Gasteiger partial charge in [-0.05, 0) is 42.0 Å². The predicted octanol–water partition coefficient (Wildman–Crippen LogP) is 3.37. The molecule has 152 valence electrons. The average Bonchev–Trinajstić information content (AvgIpc) is 3.40. The maximum Gasteiger partial charge on any atom is 0.279 e. The van der Waals surface area contributed by atoms with Crippen molar-refractivity contribution in [1.82, 2.24) is 10.9 Å². The Hall–Kier alpha value is -3.52. The molecule has 1 aliphatic heterocycles. The zero-order chi connectivity index (χ0) is 21.1. The summed E-state index contributed by atoms with van der Waals surface area (Å²) in [5, 5.41) is 0. The van der Waals surface area contributed by atoms with E-state index in [-0.39, 0.29) is 24.7 Å². The van der Waals surface area contributed by atoms with Crippen molar-refractivity contribution in [3.05, 3.63) is 77.4 Å². The number of anilines is 1. The van der Waals surface area contributed by atoms with Gasteiger partial charge in [-0.3, -0.25) is 25.2 Å². The van der Waals surface area contributed by atoms with Gasteiger partial charge in [-0.1, -0.05) is 30.3 Å². The van der Waals surface area contributed by atoms with Gasteiger partial charge in [0.15, 0.2) is 0 Å². The Labute approximate surface area is 176 Å². The topological polar surface area (TPSA) is 78.5 Å². The normalized spacial score (nSPS) is 15.8. The number of benzene rings is 2. The number of thiophene rings is 1. The van der Waals surface area contributed by atoms with Crippen molar-refractivity contribution < 1.29 is 18.8 Å². The third kappa shape index (κ3) is 4.23. The first kappa shape index (κ1) is 19.8. The second kappa shape index (κ2) is 8.46. The van der Waals surface area contributed by atoms with Crippen LogP contribution in [0, 0.1) is 11.7 Å². The zero-order valence-corrected chi connectivity index (χ0v) is 16.6. The Morgan fingerprint density at radius 1 is 0.967 bits per heavy atom. The maximum atomic E-state index is 13.1. The molecule has 4 rings (SSSR count). The minimum absolute atomic E-state index is 0.0876. The lowest BCUT2D eigenvalue weighted by atomic mass is 10.1.